The maximum absolute atomic E-state index is 12.9. The number of ether oxygens (including phenoxy) is 3. The molecule has 0 aromatic rings. The maximum Gasteiger partial charge on any atom is 0.306 e. The molecule has 0 radical (unpaired) electrons. The molecule has 0 amide bonds. The second kappa shape index (κ2) is 69.6. The SMILES string of the molecule is CC/C=C\C/C=C\C/C=C\C/C=C\C/C=C\C/C=C\C/C=C\C/C=C\C/C=C\CCCCCC(=O)OCC(COC(=O)CCCCCCCCC)OC(=O)CCCCCCCCCCCCCCCCCCCCCCCCCCCC. The lowest BCUT2D eigenvalue weighted by atomic mass is 10.0. The molecule has 0 bridgehead atoms. The van der Waals surface area contributed by atoms with E-state index in [0.29, 0.717) is 19.3 Å². The zero-order valence-electron chi connectivity index (χ0n) is 54.0. The minimum atomic E-state index is -0.790. The summed E-state index contributed by atoms with van der Waals surface area (Å²) in [7, 11) is 0. The summed E-state index contributed by atoms with van der Waals surface area (Å²) in [6.45, 7) is 6.49. The minimum absolute atomic E-state index is 0.0862. The molecule has 0 spiro atoms. The zero-order chi connectivity index (χ0) is 59.2. The predicted octanol–water partition coefficient (Wildman–Crippen LogP) is 24.2. The molecule has 6 nitrogen and oxygen atoms in total. The van der Waals surface area contributed by atoms with Gasteiger partial charge in [-0.3, -0.25) is 14.4 Å². The summed E-state index contributed by atoms with van der Waals surface area (Å²) in [5, 5.41) is 0. The van der Waals surface area contributed by atoms with E-state index in [-0.39, 0.29) is 31.1 Å². The smallest absolute Gasteiger partial charge is 0.306 e. The van der Waals surface area contributed by atoms with Gasteiger partial charge in [0.25, 0.3) is 0 Å². The summed E-state index contributed by atoms with van der Waals surface area (Å²) in [5.74, 6) is -0.915. The highest BCUT2D eigenvalue weighted by atomic mass is 16.6. The van der Waals surface area contributed by atoms with Crippen LogP contribution in [0.4, 0.5) is 0 Å². The summed E-state index contributed by atoms with van der Waals surface area (Å²) in [4.78, 5) is 38.2. The summed E-state index contributed by atoms with van der Waals surface area (Å²) in [5.41, 5.74) is 0. The fraction of sp³-hybridized carbons (Fsp3) is 0.724. The van der Waals surface area contributed by atoms with E-state index in [0.717, 1.165) is 122 Å². The summed E-state index contributed by atoms with van der Waals surface area (Å²) in [6, 6.07) is 0. The largest absolute Gasteiger partial charge is 0.462 e. The van der Waals surface area contributed by atoms with E-state index in [2.05, 4.69) is 130 Å². The number of rotatable bonds is 63. The molecular weight excluding hydrogens is 1010 g/mol. The highest BCUT2D eigenvalue weighted by Gasteiger charge is 2.19. The lowest BCUT2D eigenvalue weighted by Crippen LogP contribution is -2.30. The van der Waals surface area contributed by atoms with Crippen molar-refractivity contribution in [3.63, 3.8) is 0 Å². The molecule has 0 heterocycles. The summed E-state index contributed by atoms with van der Waals surface area (Å²) >= 11 is 0. The first-order valence-electron chi connectivity index (χ1n) is 34.9. The number of hydrogen-bond acceptors (Lipinski definition) is 6. The normalized spacial score (nSPS) is 12.8. The van der Waals surface area contributed by atoms with Gasteiger partial charge in [0.1, 0.15) is 13.2 Å². The molecule has 0 rings (SSSR count). The predicted molar refractivity (Wildman–Crippen MR) is 357 cm³/mol. The van der Waals surface area contributed by atoms with Crippen molar-refractivity contribution < 1.29 is 28.6 Å². The van der Waals surface area contributed by atoms with E-state index >= 15 is 0 Å². The molecule has 0 saturated carbocycles. The van der Waals surface area contributed by atoms with Crippen molar-refractivity contribution in [2.75, 3.05) is 13.2 Å². The van der Waals surface area contributed by atoms with E-state index in [1.54, 1.807) is 0 Å². The Morgan fingerprint density at radius 1 is 0.256 bits per heavy atom. The Kier molecular flexibility index (Phi) is 66.2. The average molecular weight is 1140 g/mol. The molecule has 1 unspecified atom stereocenters. The molecule has 6 heteroatoms. The van der Waals surface area contributed by atoms with Crippen LogP contribution in [-0.2, 0) is 28.6 Å². The second-order valence-electron chi connectivity index (χ2n) is 23.1. The van der Waals surface area contributed by atoms with Gasteiger partial charge in [0.05, 0.1) is 0 Å². The maximum atomic E-state index is 12.9. The van der Waals surface area contributed by atoms with Crippen LogP contribution in [0, 0.1) is 0 Å². The number of hydrogen-bond donors (Lipinski definition) is 0. The Balaban J connectivity index is 4.17. The molecule has 0 aliphatic heterocycles. The zero-order valence-corrected chi connectivity index (χ0v) is 54.0. The fourth-order valence-corrected chi connectivity index (χ4v) is 9.85. The Morgan fingerprint density at radius 3 is 0.744 bits per heavy atom. The monoisotopic (exact) mass is 1140 g/mol. The van der Waals surface area contributed by atoms with Gasteiger partial charge in [-0.1, -0.05) is 336 Å². The van der Waals surface area contributed by atoms with Gasteiger partial charge < -0.3 is 14.2 Å². The summed E-state index contributed by atoms with van der Waals surface area (Å²) in [6.07, 6.45) is 95.8. The first kappa shape index (κ1) is 78.1. The lowest BCUT2D eigenvalue weighted by molar-refractivity contribution is -0.167. The number of carbonyl (C=O) groups is 3. The summed E-state index contributed by atoms with van der Waals surface area (Å²) < 4.78 is 16.8. The van der Waals surface area contributed by atoms with Gasteiger partial charge in [-0.25, -0.2) is 0 Å². The van der Waals surface area contributed by atoms with Crippen LogP contribution in [-0.4, -0.2) is 37.2 Å². The standard InChI is InChI=1S/C76H130O6/c1-4-7-10-13-16-18-20-22-24-26-28-30-32-34-36-37-38-39-40-42-43-45-47-49-51-53-55-57-60-63-66-69-75(78)81-72-73(71-80-74(77)68-65-62-59-15-12-9-6-3)82-76(79)70-67-64-61-58-56-54-52-50-48-46-44-41-35-33-31-29-27-25-23-21-19-17-14-11-8-5-2/h7,10,16,18,22,24,28,30,34,36,38-39,42-43,47,49,53,55,73H,4-6,8-9,11-15,17,19-21,23,25-27,29,31-33,35,37,40-41,44-46,48,50-52,54,56-72H2,1-3H3/b10-7-,18-16-,24-22-,30-28-,36-34-,39-38-,43-42-,49-47-,55-53-. The van der Waals surface area contributed by atoms with Crippen molar-refractivity contribution in [2.24, 2.45) is 0 Å². The molecule has 0 saturated heterocycles. The topological polar surface area (TPSA) is 78.9 Å². The molecule has 82 heavy (non-hydrogen) atoms. The van der Waals surface area contributed by atoms with Crippen LogP contribution in [0.15, 0.2) is 109 Å². The van der Waals surface area contributed by atoms with Crippen LogP contribution in [0.3, 0.4) is 0 Å². The molecule has 0 aromatic heterocycles. The van der Waals surface area contributed by atoms with E-state index in [1.165, 1.54) is 173 Å². The molecule has 0 aliphatic rings. The van der Waals surface area contributed by atoms with Crippen LogP contribution in [0.25, 0.3) is 0 Å². The highest BCUT2D eigenvalue weighted by molar-refractivity contribution is 5.71. The average Bonchev–Trinajstić information content (AvgIpc) is 3.48. The highest BCUT2D eigenvalue weighted by Crippen LogP contribution is 2.17. The van der Waals surface area contributed by atoms with Gasteiger partial charge in [0.15, 0.2) is 6.10 Å². The van der Waals surface area contributed by atoms with Gasteiger partial charge >= 0.3 is 17.9 Å². The van der Waals surface area contributed by atoms with Gasteiger partial charge in [-0.2, -0.15) is 0 Å². The van der Waals surface area contributed by atoms with Crippen LogP contribution < -0.4 is 0 Å². The number of allylic oxidation sites excluding steroid dienone is 18. The van der Waals surface area contributed by atoms with Crippen molar-refractivity contribution in [1.82, 2.24) is 0 Å². The first-order chi connectivity index (χ1) is 40.5. The third-order valence-electron chi connectivity index (χ3n) is 15.0. The second-order valence-corrected chi connectivity index (χ2v) is 23.1. The van der Waals surface area contributed by atoms with Crippen molar-refractivity contribution in [1.29, 1.82) is 0 Å². The molecule has 0 aromatic carbocycles. The van der Waals surface area contributed by atoms with Crippen LogP contribution >= 0.6 is 0 Å². The fourth-order valence-electron chi connectivity index (χ4n) is 9.85. The van der Waals surface area contributed by atoms with E-state index in [9.17, 15) is 14.4 Å². The van der Waals surface area contributed by atoms with Crippen LogP contribution in [0.2, 0.25) is 0 Å². The third kappa shape index (κ3) is 66.9. The van der Waals surface area contributed by atoms with Crippen molar-refractivity contribution in [3.05, 3.63) is 109 Å². The van der Waals surface area contributed by atoms with E-state index in [4.69, 9.17) is 14.2 Å². The van der Waals surface area contributed by atoms with Gasteiger partial charge in [0.2, 0.25) is 0 Å². The Hall–Kier alpha value is -3.93. The third-order valence-corrected chi connectivity index (χ3v) is 15.0. The van der Waals surface area contributed by atoms with Crippen molar-refractivity contribution >= 4 is 17.9 Å². The minimum Gasteiger partial charge on any atom is -0.462 e. The molecule has 0 aliphatic carbocycles. The van der Waals surface area contributed by atoms with Crippen molar-refractivity contribution in [3.8, 4) is 0 Å². The Bertz CT molecular complexity index is 1640. The number of esters is 3. The van der Waals surface area contributed by atoms with Gasteiger partial charge in [-0.05, 0) is 89.9 Å². The molecular formula is C76H130O6. The molecule has 470 valence electrons. The quantitative estimate of drug-likeness (QED) is 0.0261. The van der Waals surface area contributed by atoms with Crippen LogP contribution in [0.5, 0.6) is 0 Å². The van der Waals surface area contributed by atoms with Gasteiger partial charge in [-0.15, -0.1) is 0 Å². The van der Waals surface area contributed by atoms with E-state index < -0.39 is 6.10 Å². The Morgan fingerprint density at radius 2 is 0.476 bits per heavy atom. The first-order valence-corrected chi connectivity index (χ1v) is 34.9. The lowest BCUT2D eigenvalue weighted by Gasteiger charge is -2.18. The van der Waals surface area contributed by atoms with Crippen LogP contribution in [0.1, 0.15) is 335 Å². The molecule has 0 N–H and O–H groups in total. The number of carbonyl (C=O) groups excluding carboxylic acids is 3. The van der Waals surface area contributed by atoms with E-state index in [1.807, 2.05) is 0 Å². The molecule has 0 fully saturated rings. The van der Waals surface area contributed by atoms with Crippen molar-refractivity contribution in [2.45, 2.75) is 341 Å². The molecule has 1 atom stereocenters. The number of unbranched alkanes of at least 4 members (excludes halogenated alkanes) is 34. The van der Waals surface area contributed by atoms with Gasteiger partial charge in [0, 0.05) is 19.3 Å². The Labute approximate surface area is 508 Å².